The fourth-order valence-corrected chi connectivity index (χ4v) is 1.13. The monoisotopic (exact) mass is 196 g/mol. The Labute approximate surface area is 79.3 Å². The van der Waals surface area contributed by atoms with Gasteiger partial charge in [-0.15, -0.1) is 0 Å². The standard InChI is InChI=1S/C8H8N2O4/c1-9-7-5(8(11)12)3-2-4-6(7)10(13)14/h2-4,9H,1H3,(H,11,12). The lowest BCUT2D eigenvalue weighted by Crippen LogP contribution is -2.05. The van der Waals surface area contributed by atoms with Crippen LogP contribution < -0.4 is 5.32 Å². The second-order valence-electron chi connectivity index (χ2n) is 2.51. The molecule has 6 heteroatoms. The smallest absolute Gasteiger partial charge is 0.338 e. The van der Waals surface area contributed by atoms with E-state index in [2.05, 4.69) is 5.32 Å². The van der Waals surface area contributed by atoms with Gasteiger partial charge in [0, 0.05) is 13.1 Å². The van der Waals surface area contributed by atoms with Crippen molar-refractivity contribution in [1.29, 1.82) is 0 Å². The molecule has 14 heavy (non-hydrogen) atoms. The molecule has 0 aromatic heterocycles. The lowest BCUT2D eigenvalue weighted by atomic mass is 10.1. The zero-order valence-corrected chi connectivity index (χ0v) is 7.35. The van der Waals surface area contributed by atoms with E-state index in [1.54, 1.807) is 0 Å². The molecule has 6 nitrogen and oxygen atoms in total. The molecule has 0 heterocycles. The van der Waals surface area contributed by atoms with E-state index >= 15 is 0 Å². The predicted octanol–water partition coefficient (Wildman–Crippen LogP) is 1.33. The zero-order valence-electron chi connectivity index (χ0n) is 7.35. The molecule has 0 saturated carbocycles. The number of carboxylic acid groups (broad SMARTS) is 1. The van der Waals surface area contributed by atoms with Gasteiger partial charge in [0.2, 0.25) is 0 Å². The molecule has 0 amide bonds. The molecule has 1 rings (SSSR count). The van der Waals surface area contributed by atoms with Gasteiger partial charge in [-0.3, -0.25) is 10.1 Å². The highest BCUT2D eigenvalue weighted by atomic mass is 16.6. The Bertz CT molecular complexity index is 357. The van der Waals surface area contributed by atoms with Crippen molar-refractivity contribution in [3.63, 3.8) is 0 Å². The minimum atomic E-state index is -1.20. The van der Waals surface area contributed by atoms with Gasteiger partial charge in [-0.05, 0) is 6.07 Å². The highest BCUT2D eigenvalue weighted by Gasteiger charge is 2.19. The summed E-state index contributed by atoms with van der Waals surface area (Å²) in [6.45, 7) is 0. The number of nitro benzene ring substituents is 1. The van der Waals surface area contributed by atoms with E-state index in [0.29, 0.717) is 0 Å². The fraction of sp³-hybridized carbons (Fsp3) is 0.125. The first kappa shape index (κ1) is 9.97. The second kappa shape index (κ2) is 3.73. The average molecular weight is 196 g/mol. The fourth-order valence-electron chi connectivity index (χ4n) is 1.13. The number of nitro groups is 1. The van der Waals surface area contributed by atoms with E-state index < -0.39 is 10.9 Å². The van der Waals surface area contributed by atoms with E-state index in [1.165, 1.54) is 25.2 Å². The van der Waals surface area contributed by atoms with Crippen molar-refractivity contribution in [2.75, 3.05) is 12.4 Å². The Balaban J connectivity index is 3.39. The molecule has 2 N–H and O–H groups in total. The number of nitrogens with zero attached hydrogens (tertiary/aromatic N) is 1. The minimum absolute atomic E-state index is 0.0185. The van der Waals surface area contributed by atoms with E-state index in [1.807, 2.05) is 0 Å². The third-order valence-corrected chi connectivity index (χ3v) is 1.72. The molecule has 0 fully saturated rings. The number of carbonyl (C=O) groups is 1. The van der Waals surface area contributed by atoms with Gasteiger partial charge >= 0.3 is 5.97 Å². The van der Waals surface area contributed by atoms with Gasteiger partial charge in [-0.25, -0.2) is 4.79 Å². The van der Waals surface area contributed by atoms with Crippen LogP contribution in [-0.2, 0) is 0 Å². The molecule has 0 spiro atoms. The Morgan fingerprint density at radius 2 is 2.21 bits per heavy atom. The number of benzene rings is 1. The zero-order chi connectivity index (χ0) is 10.7. The molecule has 1 aromatic rings. The van der Waals surface area contributed by atoms with Gasteiger partial charge in [-0.2, -0.15) is 0 Å². The highest BCUT2D eigenvalue weighted by Crippen LogP contribution is 2.27. The van der Waals surface area contributed by atoms with Crippen LogP contribution in [0.3, 0.4) is 0 Å². The Morgan fingerprint density at radius 3 is 2.64 bits per heavy atom. The second-order valence-corrected chi connectivity index (χ2v) is 2.51. The van der Waals surface area contributed by atoms with Crippen molar-refractivity contribution in [3.8, 4) is 0 Å². The van der Waals surface area contributed by atoms with Crippen LogP contribution in [0.2, 0.25) is 0 Å². The summed E-state index contributed by atoms with van der Waals surface area (Å²) in [5, 5.41) is 21.8. The van der Waals surface area contributed by atoms with Crippen LogP contribution >= 0.6 is 0 Å². The number of hydrogen-bond donors (Lipinski definition) is 2. The minimum Gasteiger partial charge on any atom is -0.478 e. The van der Waals surface area contributed by atoms with Crippen molar-refractivity contribution in [2.45, 2.75) is 0 Å². The third-order valence-electron chi connectivity index (χ3n) is 1.72. The maximum absolute atomic E-state index is 10.7. The summed E-state index contributed by atoms with van der Waals surface area (Å²) in [5.41, 5.74) is -0.334. The number of anilines is 1. The van der Waals surface area contributed by atoms with Crippen molar-refractivity contribution in [2.24, 2.45) is 0 Å². The van der Waals surface area contributed by atoms with Crippen molar-refractivity contribution in [1.82, 2.24) is 0 Å². The molecule has 0 radical (unpaired) electrons. The quantitative estimate of drug-likeness (QED) is 0.562. The average Bonchev–Trinajstić information content (AvgIpc) is 2.16. The van der Waals surface area contributed by atoms with Crippen LogP contribution in [0.15, 0.2) is 18.2 Å². The molecule has 0 aliphatic rings. The number of hydrogen-bond acceptors (Lipinski definition) is 4. The van der Waals surface area contributed by atoms with Gasteiger partial charge < -0.3 is 10.4 Å². The van der Waals surface area contributed by atoms with Gasteiger partial charge in [0.15, 0.2) is 0 Å². The number of aromatic carboxylic acids is 1. The maximum Gasteiger partial charge on any atom is 0.338 e. The van der Waals surface area contributed by atoms with Gasteiger partial charge in [-0.1, -0.05) is 6.07 Å². The van der Waals surface area contributed by atoms with Gasteiger partial charge in [0.05, 0.1) is 10.5 Å². The summed E-state index contributed by atoms with van der Waals surface area (Å²) in [5.74, 6) is -1.20. The van der Waals surface area contributed by atoms with Gasteiger partial charge in [0.25, 0.3) is 5.69 Å². The largest absolute Gasteiger partial charge is 0.478 e. The molecule has 1 aromatic carbocycles. The molecule has 74 valence electrons. The maximum atomic E-state index is 10.7. The molecular formula is C8H8N2O4. The summed E-state index contributed by atoms with van der Waals surface area (Å²) in [7, 11) is 1.44. The predicted molar refractivity (Wildman–Crippen MR) is 49.6 cm³/mol. The van der Waals surface area contributed by atoms with E-state index in [4.69, 9.17) is 5.11 Å². The summed E-state index contributed by atoms with van der Waals surface area (Å²) in [6, 6.07) is 3.89. The molecule has 0 aliphatic heterocycles. The van der Waals surface area contributed by atoms with E-state index in [9.17, 15) is 14.9 Å². The first-order valence-corrected chi connectivity index (χ1v) is 3.76. The molecule has 0 bridgehead atoms. The number of para-hydroxylation sites is 1. The van der Waals surface area contributed by atoms with Crippen molar-refractivity contribution in [3.05, 3.63) is 33.9 Å². The topological polar surface area (TPSA) is 92.5 Å². The van der Waals surface area contributed by atoms with E-state index in [0.717, 1.165) is 0 Å². The number of rotatable bonds is 3. The van der Waals surface area contributed by atoms with Crippen LogP contribution in [0.1, 0.15) is 10.4 Å². The third kappa shape index (κ3) is 1.63. The lowest BCUT2D eigenvalue weighted by Gasteiger charge is -2.04. The summed E-state index contributed by atoms with van der Waals surface area (Å²) in [4.78, 5) is 20.6. The Morgan fingerprint density at radius 1 is 1.57 bits per heavy atom. The molecule has 0 atom stereocenters. The molecule has 0 saturated heterocycles. The highest BCUT2D eigenvalue weighted by molar-refractivity contribution is 5.96. The summed E-state index contributed by atoms with van der Waals surface area (Å²) in [6.07, 6.45) is 0. The van der Waals surface area contributed by atoms with Crippen LogP contribution in [0, 0.1) is 10.1 Å². The summed E-state index contributed by atoms with van der Waals surface area (Å²) >= 11 is 0. The van der Waals surface area contributed by atoms with Crippen LogP contribution in [-0.4, -0.2) is 23.0 Å². The number of carboxylic acids is 1. The van der Waals surface area contributed by atoms with E-state index in [-0.39, 0.29) is 16.9 Å². The Kier molecular flexibility index (Phi) is 2.66. The van der Waals surface area contributed by atoms with Crippen LogP contribution in [0.5, 0.6) is 0 Å². The van der Waals surface area contributed by atoms with Crippen LogP contribution in [0.25, 0.3) is 0 Å². The lowest BCUT2D eigenvalue weighted by molar-refractivity contribution is -0.384. The normalized spacial score (nSPS) is 9.50. The SMILES string of the molecule is CNc1c(C(=O)O)cccc1[N+](=O)[O-]. The van der Waals surface area contributed by atoms with Crippen LogP contribution in [0.4, 0.5) is 11.4 Å². The summed E-state index contributed by atoms with van der Waals surface area (Å²) < 4.78 is 0. The molecular weight excluding hydrogens is 188 g/mol. The van der Waals surface area contributed by atoms with Crippen molar-refractivity contribution < 1.29 is 14.8 Å². The first-order valence-electron chi connectivity index (χ1n) is 3.76. The van der Waals surface area contributed by atoms with Gasteiger partial charge in [0.1, 0.15) is 5.69 Å². The van der Waals surface area contributed by atoms with Crippen molar-refractivity contribution >= 4 is 17.3 Å². The molecule has 0 unspecified atom stereocenters. The Hall–Kier alpha value is -2.11. The molecule has 0 aliphatic carbocycles. The first-order chi connectivity index (χ1) is 6.57. The number of nitrogens with one attached hydrogen (secondary N) is 1.